The zero-order valence-electron chi connectivity index (χ0n) is 6.85. The third kappa shape index (κ3) is 2.94. The van der Waals surface area contributed by atoms with Crippen LogP contribution < -0.4 is 0 Å². The first-order valence-electron chi connectivity index (χ1n) is 2.90. The van der Waals surface area contributed by atoms with Crippen LogP contribution in [0.5, 0.6) is 0 Å². The fraction of sp³-hybridized carbons (Fsp3) is 0. The van der Waals surface area contributed by atoms with Crippen LogP contribution in [0, 0.1) is 0 Å². The summed E-state index contributed by atoms with van der Waals surface area (Å²) in [5.74, 6) is 0. The van der Waals surface area contributed by atoms with Crippen LogP contribution in [0.2, 0.25) is 0 Å². The van der Waals surface area contributed by atoms with Crippen molar-refractivity contribution in [3.63, 3.8) is 0 Å². The van der Waals surface area contributed by atoms with Gasteiger partial charge in [0.15, 0.2) is 0 Å². The molecule has 0 fully saturated rings. The van der Waals surface area contributed by atoms with E-state index < -0.39 is 38.5 Å². The Morgan fingerprint density at radius 1 is 0.353 bits per heavy atom. The minimum atomic E-state index is -8.94. The molecule has 0 bridgehead atoms. The zero-order valence-corrected chi connectivity index (χ0v) is 11.8. The van der Waals surface area contributed by atoms with Crippen LogP contribution in [0.25, 0.3) is 0 Å². The van der Waals surface area contributed by atoms with E-state index in [-0.39, 0.29) is 0 Å². The molecule has 0 aliphatic rings. The van der Waals surface area contributed by atoms with Crippen molar-refractivity contribution in [1.82, 2.24) is 0 Å². The van der Waals surface area contributed by atoms with Gasteiger partial charge in [-0.1, -0.05) is 0 Å². The predicted octanol–water partition coefficient (Wildman–Crippen LogP) is 7.41. The van der Waals surface area contributed by atoms with E-state index in [9.17, 15) is 50.4 Å². The molecule has 0 spiro atoms. The molecule has 0 atom stereocenters. The van der Waals surface area contributed by atoms with Crippen LogP contribution >= 0.6 is 27.9 Å². The molecular weight excluding hydrogens is 411 g/mol. The van der Waals surface area contributed by atoms with Gasteiger partial charge in [0, 0.05) is 0 Å². The Labute approximate surface area is 89.5 Å². The van der Waals surface area contributed by atoms with Crippen molar-refractivity contribution in [2.45, 2.75) is 0 Å². The first-order chi connectivity index (χ1) is 7.00. The molecule has 118 valence electrons. The Kier molecular flexibility index (Phi) is 5.11. The molecule has 0 saturated heterocycles. The van der Waals surface area contributed by atoms with Crippen LogP contribution in [0.4, 0.5) is 50.4 Å². The Balaban J connectivity index is 6.37. The zero-order chi connectivity index (χ0) is 14.5. The Bertz CT molecular complexity index is 211. The molecular formula is H4F12NiP4. The van der Waals surface area contributed by atoms with Crippen LogP contribution in [0.3, 0.4) is 0 Å². The van der Waals surface area contributed by atoms with E-state index in [2.05, 4.69) is 0 Å². The molecule has 0 radical (unpaired) electrons. The molecule has 0 N–H and O–H groups in total. The van der Waals surface area contributed by atoms with Gasteiger partial charge < -0.3 is 0 Å². The molecule has 0 aromatic carbocycles. The van der Waals surface area contributed by atoms with Gasteiger partial charge in [0.25, 0.3) is 0 Å². The Hall–Kier alpha value is 1.37. The van der Waals surface area contributed by atoms with Crippen molar-refractivity contribution in [3.05, 3.63) is 0 Å². The van der Waals surface area contributed by atoms with E-state index in [0.717, 1.165) is 0 Å². The Morgan fingerprint density at radius 3 is 0.471 bits per heavy atom. The summed E-state index contributed by atoms with van der Waals surface area (Å²) in [6.07, 6.45) is 0. The van der Waals surface area contributed by atoms with Crippen LogP contribution in [-0.2, 0) is 10.7 Å². The molecule has 0 aromatic heterocycles. The fourth-order valence-corrected chi connectivity index (χ4v) is 22.6. The summed E-state index contributed by atoms with van der Waals surface area (Å²) in [4.78, 5) is 0. The van der Waals surface area contributed by atoms with Crippen molar-refractivity contribution < 1.29 is 61.0 Å². The van der Waals surface area contributed by atoms with Crippen molar-refractivity contribution in [2.75, 3.05) is 0 Å². The summed E-state index contributed by atoms with van der Waals surface area (Å²) in [5, 5.41) is 0. The predicted molar refractivity (Wildman–Crippen MR) is 46.6 cm³/mol. The molecule has 0 heterocycles. The van der Waals surface area contributed by atoms with Gasteiger partial charge in [-0.25, -0.2) is 0 Å². The third-order valence-electron chi connectivity index (χ3n) is 1.08. The van der Waals surface area contributed by atoms with E-state index in [4.69, 9.17) is 0 Å². The molecule has 0 rings (SSSR count). The molecule has 0 amide bonds. The topological polar surface area (TPSA) is 0 Å². The van der Waals surface area contributed by atoms with Gasteiger partial charge in [-0.3, -0.25) is 0 Å². The van der Waals surface area contributed by atoms with E-state index >= 15 is 0 Å². The first kappa shape index (κ1) is 18.4. The van der Waals surface area contributed by atoms with Gasteiger partial charge in [0.2, 0.25) is 0 Å². The normalized spacial score (nSPS) is 24.7. The van der Waals surface area contributed by atoms with E-state index in [1.54, 1.807) is 0 Å². The molecule has 0 unspecified atom stereocenters. The molecule has 0 aliphatic carbocycles. The van der Waals surface area contributed by atoms with Gasteiger partial charge in [-0.05, 0) is 0 Å². The number of hydrogen-bond donors (Lipinski definition) is 0. The van der Waals surface area contributed by atoms with Gasteiger partial charge in [0.1, 0.15) is 0 Å². The summed E-state index contributed by atoms with van der Waals surface area (Å²) < 4.78 is 144. The number of halogens is 12. The second-order valence-corrected chi connectivity index (χ2v) is 29.0. The molecule has 17 heteroatoms. The van der Waals surface area contributed by atoms with Gasteiger partial charge in [-0.15, -0.1) is 0 Å². The second kappa shape index (κ2) is 4.73. The summed E-state index contributed by atoms with van der Waals surface area (Å²) >= 11 is 0. The van der Waals surface area contributed by atoms with Crippen LogP contribution in [-0.4, -0.2) is 0 Å². The maximum absolute atomic E-state index is 12.0. The monoisotopic (exact) mass is 414 g/mol. The van der Waals surface area contributed by atoms with Crippen molar-refractivity contribution in [1.29, 1.82) is 0 Å². The molecule has 0 nitrogen and oxygen atoms in total. The van der Waals surface area contributed by atoms with E-state index in [1.165, 1.54) is 0 Å². The third-order valence-corrected chi connectivity index (χ3v) is 39.9. The molecule has 17 heavy (non-hydrogen) atoms. The van der Waals surface area contributed by atoms with Gasteiger partial charge in [0.05, 0.1) is 0 Å². The average molecular weight is 415 g/mol. The molecule has 0 saturated carbocycles. The molecule has 0 aliphatic heterocycles. The minimum absolute atomic E-state index is 8.44. The average Bonchev–Trinajstić information content (AvgIpc) is 1.67. The van der Waals surface area contributed by atoms with Crippen LogP contribution in [0.1, 0.15) is 0 Å². The molecule has 0 aromatic rings. The maximum atomic E-state index is 12.0. The van der Waals surface area contributed by atoms with Crippen LogP contribution in [0.15, 0.2) is 0 Å². The number of hydrogen-bond acceptors (Lipinski definition) is 0. The number of rotatable bonds is 4. The summed E-state index contributed by atoms with van der Waals surface area (Å²) in [7, 11) is -8.44. The van der Waals surface area contributed by atoms with Crippen molar-refractivity contribution in [2.24, 2.45) is 0 Å². The standard InChI is InChI=1S/4F3HP.Ni/c4*1-4(2)3;/h4*4H;/q4*+1;-4. The summed E-state index contributed by atoms with van der Waals surface area (Å²) in [6, 6.07) is 0. The summed E-state index contributed by atoms with van der Waals surface area (Å²) in [6.45, 7) is -35.8. The quantitative estimate of drug-likeness (QED) is 0.255. The van der Waals surface area contributed by atoms with E-state index in [1.807, 2.05) is 0 Å². The van der Waals surface area contributed by atoms with Gasteiger partial charge >= 0.3 is 88.9 Å². The van der Waals surface area contributed by atoms with Crippen molar-refractivity contribution >= 4 is 27.9 Å². The fourth-order valence-electron chi connectivity index (χ4n) is 0.610. The second-order valence-electron chi connectivity index (χ2n) is 2.05. The first-order valence-corrected chi connectivity index (χ1v) is 14.6. The van der Waals surface area contributed by atoms with Crippen molar-refractivity contribution in [3.8, 4) is 0 Å². The summed E-state index contributed by atoms with van der Waals surface area (Å²) in [5.41, 5.74) is 0. The van der Waals surface area contributed by atoms with Gasteiger partial charge in [-0.2, -0.15) is 0 Å². The SMILES string of the molecule is F[PH](F)(F)[Ni]([PH](F)(F)F)([PH](F)(F)F)[PH](F)(F)F. The Morgan fingerprint density at radius 2 is 0.471 bits per heavy atom. The van der Waals surface area contributed by atoms with E-state index in [0.29, 0.717) is 0 Å².